The fourth-order valence-electron chi connectivity index (χ4n) is 3.54. The van der Waals surface area contributed by atoms with Gasteiger partial charge in [-0.1, -0.05) is 48.0 Å². The number of carbonyl (C=O) groups excluding carboxylic acids is 3. The van der Waals surface area contributed by atoms with E-state index in [1.165, 1.54) is 31.4 Å². The molecular weight excluding hydrogens is 447 g/mol. The molecule has 0 radical (unpaired) electrons. The van der Waals surface area contributed by atoms with Gasteiger partial charge in [0.15, 0.2) is 0 Å². The Labute approximate surface area is 194 Å². The number of hydrogen-bond acceptors (Lipinski definition) is 4. The van der Waals surface area contributed by atoms with Gasteiger partial charge in [0.05, 0.1) is 17.8 Å². The van der Waals surface area contributed by atoms with Crippen molar-refractivity contribution in [2.45, 2.75) is 6.42 Å². The van der Waals surface area contributed by atoms with Crippen molar-refractivity contribution in [2.75, 3.05) is 12.0 Å². The van der Waals surface area contributed by atoms with E-state index in [2.05, 4.69) is 5.32 Å². The first kappa shape index (κ1) is 22.2. The number of anilines is 1. The van der Waals surface area contributed by atoms with E-state index in [9.17, 15) is 18.8 Å². The predicted octanol–water partition coefficient (Wildman–Crippen LogP) is 4.74. The molecule has 0 saturated carbocycles. The Morgan fingerprint density at radius 2 is 1.82 bits per heavy atom. The van der Waals surface area contributed by atoms with Crippen LogP contribution >= 0.6 is 11.6 Å². The molecule has 0 spiro atoms. The summed E-state index contributed by atoms with van der Waals surface area (Å²) in [6.07, 6.45) is 1.81. The summed E-state index contributed by atoms with van der Waals surface area (Å²) in [5.74, 6) is -1.42. The molecule has 0 atom stereocenters. The normalized spacial score (nSPS) is 15.1. The molecule has 3 aromatic carbocycles. The van der Waals surface area contributed by atoms with Crippen LogP contribution in [-0.2, 0) is 16.0 Å². The summed E-state index contributed by atoms with van der Waals surface area (Å²) in [5.41, 5.74) is 2.03. The highest BCUT2D eigenvalue weighted by Gasteiger charge is 2.37. The molecule has 1 fully saturated rings. The van der Waals surface area contributed by atoms with Crippen LogP contribution in [-0.4, -0.2) is 25.0 Å². The van der Waals surface area contributed by atoms with Crippen LogP contribution < -0.4 is 15.0 Å². The third kappa shape index (κ3) is 4.63. The lowest BCUT2D eigenvalue weighted by molar-refractivity contribution is -0.122. The molecule has 0 bridgehead atoms. The number of barbiturate groups is 1. The topological polar surface area (TPSA) is 75.7 Å². The first-order valence-corrected chi connectivity index (χ1v) is 10.3. The summed E-state index contributed by atoms with van der Waals surface area (Å²) in [6, 6.07) is 16.9. The van der Waals surface area contributed by atoms with Gasteiger partial charge in [-0.25, -0.2) is 14.1 Å². The van der Waals surface area contributed by atoms with Crippen molar-refractivity contribution in [2.24, 2.45) is 0 Å². The van der Waals surface area contributed by atoms with Crippen LogP contribution in [0.2, 0.25) is 5.02 Å². The Morgan fingerprint density at radius 3 is 2.55 bits per heavy atom. The second-order valence-corrected chi connectivity index (χ2v) is 7.69. The van der Waals surface area contributed by atoms with Crippen molar-refractivity contribution in [3.8, 4) is 5.75 Å². The van der Waals surface area contributed by atoms with E-state index in [1.807, 2.05) is 6.07 Å². The van der Waals surface area contributed by atoms with Crippen molar-refractivity contribution in [3.63, 3.8) is 0 Å². The van der Waals surface area contributed by atoms with Gasteiger partial charge < -0.3 is 4.74 Å². The SMILES string of the molecule is COc1cc(/C=C2\C(=O)NC(=O)N(c3ccccc3Cl)C2=O)ccc1Cc1cccc(F)c1. The van der Waals surface area contributed by atoms with Crippen LogP contribution in [0.4, 0.5) is 14.9 Å². The first-order chi connectivity index (χ1) is 15.9. The fourth-order valence-corrected chi connectivity index (χ4v) is 3.76. The highest BCUT2D eigenvalue weighted by Crippen LogP contribution is 2.30. The maximum Gasteiger partial charge on any atom is 0.335 e. The summed E-state index contributed by atoms with van der Waals surface area (Å²) in [7, 11) is 1.50. The molecule has 8 heteroatoms. The molecule has 1 heterocycles. The van der Waals surface area contributed by atoms with Gasteiger partial charge in [0.1, 0.15) is 17.1 Å². The molecule has 0 aliphatic carbocycles. The van der Waals surface area contributed by atoms with Gasteiger partial charge >= 0.3 is 6.03 Å². The number of urea groups is 1. The number of hydrogen-bond donors (Lipinski definition) is 1. The van der Waals surface area contributed by atoms with Gasteiger partial charge in [0, 0.05) is 6.42 Å². The van der Waals surface area contributed by atoms with E-state index in [1.54, 1.807) is 42.5 Å². The zero-order chi connectivity index (χ0) is 23.5. The minimum absolute atomic E-state index is 0.170. The first-order valence-electron chi connectivity index (χ1n) is 9.94. The minimum Gasteiger partial charge on any atom is -0.496 e. The third-order valence-corrected chi connectivity index (χ3v) is 5.42. The van der Waals surface area contributed by atoms with E-state index in [4.69, 9.17) is 16.3 Å². The van der Waals surface area contributed by atoms with Gasteiger partial charge in [0.2, 0.25) is 0 Å². The molecule has 3 aromatic rings. The van der Waals surface area contributed by atoms with Gasteiger partial charge in [-0.15, -0.1) is 0 Å². The standard InChI is InChI=1S/C25H18ClFN2O4/c1-33-22-14-16(9-10-17(22)11-15-5-4-6-18(27)12-15)13-19-23(30)28-25(32)29(24(19)31)21-8-3-2-7-20(21)26/h2-10,12-14H,11H2,1H3,(H,28,30,32)/b19-13+. The van der Waals surface area contributed by atoms with Crippen molar-refractivity contribution >= 4 is 41.2 Å². The summed E-state index contributed by atoms with van der Waals surface area (Å²) in [4.78, 5) is 38.7. The lowest BCUT2D eigenvalue weighted by Gasteiger charge is -2.27. The zero-order valence-electron chi connectivity index (χ0n) is 17.5. The van der Waals surface area contributed by atoms with E-state index in [-0.39, 0.29) is 22.1 Å². The smallest absolute Gasteiger partial charge is 0.335 e. The Kier molecular flexibility index (Phi) is 6.24. The van der Waals surface area contributed by atoms with Gasteiger partial charge in [-0.2, -0.15) is 0 Å². The lowest BCUT2D eigenvalue weighted by Crippen LogP contribution is -2.54. The number of rotatable bonds is 5. The number of imide groups is 2. The number of nitrogens with zero attached hydrogens (tertiary/aromatic N) is 1. The molecular formula is C25H18ClFN2O4. The van der Waals surface area contributed by atoms with E-state index in [0.29, 0.717) is 17.7 Å². The van der Waals surface area contributed by atoms with Crippen LogP contribution in [0.3, 0.4) is 0 Å². The number of amides is 4. The lowest BCUT2D eigenvalue weighted by atomic mass is 10.0. The van der Waals surface area contributed by atoms with Crippen LogP contribution in [0.1, 0.15) is 16.7 Å². The average molecular weight is 465 g/mol. The molecule has 0 unspecified atom stereocenters. The summed E-state index contributed by atoms with van der Waals surface area (Å²) < 4.78 is 19.0. The monoisotopic (exact) mass is 464 g/mol. The van der Waals surface area contributed by atoms with Crippen molar-refractivity contribution in [3.05, 3.63) is 99.8 Å². The minimum atomic E-state index is -0.877. The molecule has 33 heavy (non-hydrogen) atoms. The molecule has 1 aliphatic rings. The van der Waals surface area contributed by atoms with Gasteiger partial charge in [0.25, 0.3) is 11.8 Å². The summed E-state index contributed by atoms with van der Waals surface area (Å²) >= 11 is 6.15. The largest absolute Gasteiger partial charge is 0.496 e. The Bertz CT molecular complexity index is 1310. The van der Waals surface area contributed by atoms with Crippen molar-refractivity contribution in [1.29, 1.82) is 0 Å². The molecule has 1 N–H and O–H groups in total. The van der Waals surface area contributed by atoms with Crippen LogP contribution in [0.15, 0.2) is 72.3 Å². The van der Waals surface area contributed by atoms with Crippen molar-refractivity contribution in [1.82, 2.24) is 5.32 Å². The molecule has 0 aromatic heterocycles. The fraction of sp³-hybridized carbons (Fsp3) is 0.0800. The molecule has 1 saturated heterocycles. The summed E-state index contributed by atoms with van der Waals surface area (Å²) in [5, 5.41) is 2.36. The Hall–Kier alpha value is -3.97. The number of ether oxygens (including phenoxy) is 1. The number of halogens is 2. The van der Waals surface area contributed by atoms with Crippen LogP contribution in [0.25, 0.3) is 6.08 Å². The number of para-hydroxylation sites is 1. The van der Waals surface area contributed by atoms with E-state index < -0.39 is 17.8 Å². The zero-order valence-corrected chi connectivity index (χ0v) is 18.2. The molecule has 1 aliphatic heterocycles. The second kappa shape index (κ2) is 9.26. The van der Waals surface area contributed by atoms with Gasteiger partial charge in [-0.3, -0.25) is 14.9 Å². The molecule has 4 amide bonds. The highest BCUT2D eigenvalue weighted by atomic mass is 35.5. The van der Waals surface area contributed by atoms with E-state index in [0.717, 1.165) is 16.0 Å². The maximum atomic E-state index is 13.5. The number of carbonyl (C=O) groups is 3. The van der Waals surface area contributed by atoms with Crippen LogP contribution in [0.5, 0.6) is 5.75 Å². The van der Waals surface area contributed by atoms with Crippen molar-refractivity contribution < 1.29 is 23.5 Å². The highest BCUT2D eigenvalue weighted by molar-refractivity contribution is 6.42. The summed E-state index contributed by atoms with van der Waals surface area (Å²) in [6.45, 7) is 0. The van der Waals surface area contributed by atoms with Crippen LogP contribution in [0, 0.1) is 5.82 Å². The third-order valence-electron chi connectivity index (χ3n) is 5.10. The Balaban J connectivity index is 1.67. The maximum absolute atomic E-state index is 13.5. The van der Waals surface area contributed by atoms with Gasteiger partial charge in [-0.05, 0) is 53.1 Å². The second-order valence-electron chi connectivity index (χ2n) is 7.29. The van der Waals surface area contributed by atoms with E-state index >= 15 is 0 Å². The average Bonchev–Trinajstić information content (AvgIpc) is 2.78. The number of methoxy groups -OCH3 is 1. The Morgan fingerprint density at radius 1 is 1.03 bits per heavy atom. The number of benzene rings is 3. The quantitative estimate of drug-likeness (QED) is 0.437. The number of nitrogens with one attached hydrogen (secondary N) is 1. The molecule has 166 valence electrons. The molecule has 6 nitrogen and oxygen atoms in total. The molecule has 4 rings (SSSR count). The predicted molar refractivity (Wildman–Crippen MR) is 123 cm³/mol.